The van der Waals surface area contributed by atoms with Crippen molar-refractivity contribution in [3.63, 3.8) is 0 Å². The largest absolute Gasteiger partial charge is 0.493 e. The number of nitrogens with one attached hydrogen (secondary N) is 1. The highest BCUT2D eigenvalue weighted by Crippen LogP contribution is 2.34. The van der Waals surface area contributed by atoms with E-state index in [1.165, 1.54) is 13.3 Å². The molecule has 0 radical (unpaired) electrons. The average Bonchev–Trinajstić information content (AvgIpc) is 3.02. The molecular weight excluding hydrogens is 276 g/mol. The predicted octanol–water partition coefficient (Wildman–Crippen LogP) is 3.26. The molecule has 0 spiro atoms. The second-order valence-electron chi connectivity index (χ2n) is 4.79. The Hall–Kier alpha value is -2.46. The first-order valence-electron chi connectivity index (χ1n) is 8.89. The highest BCUT2D eigenvalue weighted by atomic mass is 16.5. The first kappa shape index (κ1) is 10.3. The van der Waals surface area contributed by atoms with Crippen LogP contribution in [0.15, 0.2) is 48.7 Å². The van der Waals surface area contributed by atoms with Crippen LogP contribution in [0, 0.1) is 0 Å². The third-order valence-corrected chi connectivity index (χ3v) is 3.41. The van der Waals surface area contributed by atoms with E-state index >= 15 is 0 Å². The van der Waals surface area contributed by atoms with Gasteiger partial charge in [-0.05, 0) is 30.1 Å². The first-order valence-corrected chi connectivity index (χ1v) is 6.89. The molecule has 114 valence electrons. The molecule has 2 aromatic carbocycles. The Morgan fingerprint density at radius 2 is 2.00 bits per heavy atom. The number of fused-ring (bicyclic) bond motifs is 1. The van der Waals surface area contributed by atoms with E-state index in [2.05, 4.69) is 4.98 Å². The number of ether oxygens (including phenoxy) is 2. The zero-order valence-corrected chi connectivity index (χ0v) is 12.2. The minimum absolute atomic E-state index is 0.132. The van der Waals surface area contributed by atoms with Gasteiger partial charge in [-0.3, -0.25) is 0 Å². The fourth-order valence-electron chi connectivity index (χ4n) is 2.32. The summed E-state index contributed by atoms with van der Waals surface area (Å²) in [6.07, 6.45) is -0.946. The lowest BCUT2D eigenvalue weighted by Gasteiger charge is -2.11. The number of nitrogens with two attached hydrogens (primary N) is 1. The van der Waals surface area contributed by atoms with Crippen LogP contribution in [0.25, 0.3) is 10.9 Å². The summed E-state index contributed by atoms with van der Waals surface area (Å²) in [5.41, 5.74) is 7.15. The van der Waals surface area contributed by atoms with Crippen LogP contribution >= 0.6 is 0 Å². The van der Waals surface area contributed by atoms with Crippen molar-refractivity contribution in [3.8, 4) is 11.5 Å². The van der Waals surface area contributed by atoms with Gasteiger partial charge in [0.15, 0.2) is 11.5 Å². The van der Waals surface area contributed by atoms with Gasteiger partial charge in [-0.2, -0.15) is 0 Å². The molecule has 0 amide bonds. The number of aromatic nitrogens is 1. The Labute approximate surface area is 135 Å². The van der Waals surface area contributed by atoms with Gasteiger partial charge in [-0.15, -0.1) is 0 Å². The molecule has 3 N–H and O–H groups in total. The van der Waals surface area contributed by atoms with Gasteiger partial charge in [0.2, 0.25) is 0 Å². The van der Waals surface area contributed by atoms with Crippen molar-refractivity contribution in [2.45, 2.75) is 13.0 Å². The van der Waals surface area contributed by atoms with Gasteiger partial charge >= 0.3 is 0 Å². The molecule has 0 fully saturated rings. The SMILES string of the molecule is [2H]C([2H])(N)C([2H])([2H])c1c[nH]c2cc(OCc3ccccc3)c(OC)cc12. The number of benzene rings is 2. The second kappa shape index (κ2) is 6.54. The Bertz CT molecular complexity index is 905. The summed E-state index contributed by atoms with van der Waals surface area (Å²) < 4.78 is 42.5. The molecule has 0 aliphatic carbocycles. The highest BCUT2D eigenvalue weighted by Gasteiger charge is 2.11. The van der Waals surface area contributed by atoms with Crippen LogP contribution in [0.3, 0.4) is 0 Å². The summed E-state index contributed by atoms with van der Waals surface area (Å²) in [4.78, 5) is 2.96. The smallest absolute Gasteiger partial charge is 0.163 e. The van der Waals surface area contributed by atoms with Crippen molar-refractivity contribution in [3.05, 3.63) is 59.8 Å². The molecular formula is C18H20N2O2. The van der Waals surface area contributed by atoms with Crippen molar-refractivity contribution in [1.29, 1.82) is 0 Å². The van der Waals surface area contributed by atoms with Gasteiger partial charge < -0.3 is 20.2 Å². The normalized spacial score (nSPS) is 14.8. The van der Waals surface area contributed by atoms with E-state index < -0.39 is 12.9 Å². The molecule has 0 atom stereocenters. The lowest BCUT2D eigenvalue weighted by molar-refractivity contribution is 0.285. The predicted molar refractivity (Wildman–Crippen MR) is 88.4 cm³/mol. The maximum atomic E-state index is 8.07. The number of hydrogen-bond donors (Lipinski definition) is 2. The Morgan fingerprint density at radius 1 is 1.18 bits per heavy atom. The molecule has 4 nitrogen and oxygen atoms in total. The standard InChI is InChI=1S/C18H20N2O2/c1-21-17-9-15-14(7-8-19)11-20-16(15)10-18(17)22-12-13-5-3-2-4-6-13/h2-6,9-11,20H,7-8,12,19H2,1H3/i7D2,8D2. The van der Waals surface area contributed by atoms with Gasteiger partial charge in [-0.1, -0.05) is 30.3 Å². The van der Waals surface area contributed by atoms with Crippen molar-refractivity contribution in [2.75, 3.05) is 13.6 Å². The van der Waals surface area contributed by atoms with E-state index in [0.29, 0.717) is 29.0 Å². The minimum atomic E-state index is -2.53. The van der Waals surface area contributed by atoms with E-state index in [-0.39, 0.29) is 5.56 Å². The maximum absolute atomic E-state index is 8.07. The molecule has 0 unspecified atom stereocenters. The summed E-state index contributed by atoms with van der Waals surface area (Å²) in [6, 6.07) is 13.0. The molecule has 0 aliphatic rings. The molecule has 1 heterocycles. The lowest BCUT2D eigenvalue weighted by atomic mass is 10.1. The number of hydrogen-bond acceptors (Lipinski definition) is 3. The number of aryl methyl sites for hydroxylation is 1. The summed E-state index contributed by atoms with van der Waals surface area (Å²) in [6.45, 7) is -2.17. The van der Waals surface area contributed by atoms with Gasteiger partial charge in [0, 0.05) is 28.6 Å². The molecule has 4 heteroatoms. The second-order valence-corrected chi connectivity index (χ2v) is 4.79. The van der Waals surface area contributed by atoms with Gasteiger partial charge in [0.25, 0.3) is 0 Å². The van der Waals surface area contributed by atoms with Crippen molar-refractivity contribution in [2.24, 2.45) is 5.73 Å². The molecule has 0 saturated heterocycles. The summed E-state index contributed by atoms with van der Waals surface area (Å²) in [5.74, 6) is 0.941. The number of H-pyrrole nitrogens is 1. The van der Waals surface area contributed by atoms with Crippen LogP contribution in [-0.4, -0.2) is 18.6 Å². The van der Waals surface area contributed by atoms with E-state index in [1.54, 1.807) is 12.1 Å². The summed E-state index contributed by atoms with van der Waals surface area (Å²) in [5, 5.41) is 0.494. The Morgan fingerprint density at radius 3 is 2.73 bits per heavy atom. The van der Waals surface area contributed by atoms with Crippen LogP contribution < -0.4 is 15.2 Å². The van der Waals surface area contributed by atoms with E-state index in [1.807, 2.05) is 30.3 Å². The maximum Gasteiger partial charge on any atom is 0.163 e. The average molecular weight is 300 g/mol. The van der Waals surface area contributed by atoms with Gasteiger partial charge in [-0.25, -0.2) is 0 Å². The van der Waals surface area contributed by atoms with Crippen molar-refractivity contribution < 1.29 is 15.0 Å². The van der Waals surface area contributed by atoms with Gasteiger partial charge in [0.1, 0.15) is 6.61 Å². The van der Waals surface area contributed by atoms with Crippen LogP contribution in [0.1, 0.15) is 16.6 Å². The van der Waals surface area contributed by atoms with E-state index in [9.17, 15) is 0 Å². The zero-order chi connectivity index (χ0) is 18.9. The Balaban J connectivity index is 1.98. The third-order valence-electron chi connectivity index (χ3n) is 3.41. The van der Waals surface area contributed by atoms with Crippen molar-refractivity contribution in [1.82, 2.24) is 4.98 Å². The fraction of sp³-hybridized carbons (Fsp3) is 0.222. The number of rotatable bonds is 6. The van der Waals surface area contributed by atoms with Crippen LogP contribution in [0.2, 0.25) is 0 Å². The number of methoxy groups -OCH3 is 1. The first-order chi connectivity index (χ1) is 12.2. The quantitative estimate of drug-likeness (QED) is 0.734. The lowest BCUT2D eigenvalue weighted by Crippen LogP contribution is -2.02. The summed E-state index contributed by atoms with van der Waals surface area (Å²) in [7, 11) is 1.50. The van der Waals surface area contributed by atoms with Crippen LogP contribution in [-0.2, 0) is 13.0 Å². The Kier molecular flexibility index (Phi) is 3.06. The van der Waals surface area contributed by atoms with E-state index in [4.69, 9.17) is 20.7 Å². The van der Waals surface area contributed by atoms with E-state index in [0.717, 1.165) is 5.56 Å². The fourth-order valence-corrected chi connectivity index (χ4v) is 2.32. The molecule has 3 aromatic rings. The van der Waals surface area contributed by atoms with Crippen molar-refractivity contribution >= 4 is 10.9 Å². The number of aromatic amines is 1. The summed E-state index contributed by atoms with van der Waals surface area (Å²) >= 11 is 0. The van der Waals surface area contributed by atoms with Crippen LogP contribution in [0.5, 0.6) is 11.5 Å². The molecule has 0 bridgehead atoms. The van der Waals surface area contributed by atoms with Crippen LogP contribution in [0.4, 0.5) is 0 Å². The third kappa shape index (κ3) is 2.92. The topological polar surface area (TPSA) is 60.3 Å². The minimum Gasteiger partial charge on any atom is -0.493 e. The highest BCUT2D eigenvalue weighted by molar-refractivity contribution is 5.86. The zero-order valence-electron chi connectivity index (χ0n) is 16.2. The molecule has 1 aromatic heterocycles. The molecule has 0 saturated carbocycles. The molecule has 22 heavy (non-hydrogen) atoms. The molecule has 3 rings (SSSR count). The molecule has 0 aliphatic heterocycles. The van der Waals surface area contributed by atoms with Gasteiger partial charge in [0.05, 0.1) is 7.11 Å². The monoisotopic (exact) mass is 300 g/mol.